The normalized spacial score (nSPS) is 16.5. The van der Waals surface area contributed by atoms with E-state index in [2.05, 4.69) is 5.32 Å². The Morgan fingerprint density at radius 1 is 1.08 bits per heavy atom. The Morgan fingerprint density at radius 2 is 1.73 bits per heavy atom. The van der Waals surface area contributed by atoms with Gasteiger partial charge in [0.1, 0.15) is 5.70 Å². The van der Waals surface area contributed by atoms with Gasteiger partial charge in [-0.3, -0.25) is 0 Å². The summed E-state index contributed by atoms with van der Waals surface area (Å²) in [7, 11) is 0. The van der Waals surface area contributed by atoms with E-state index in [0.29, 0.717) is 5.56 Å². The summed E-state index contributed by atoms with van der Waals surface area (Å²) >= 11 is 6.07. The molecule has 0 amide bonds. The van der Waals surface area contributed by atoms with E-state index in [0.717, 1.165) is 22.4 Å². The molecule has 0 saturated heterocycles. The van der Waals surface area contributed by atoms with Crippen LogP contribution in [0.4, 0.5) is 5.69 Å². The predicted octanol–water partition coefficient (Wildman–Crippen LogP) is 4.21. The Bertz CT molecular complexity index is 903. The number of ether oxygens (including phenoxy) is 2. The highest BCUT2D eigenvalue weighted by molar-refractivity contribution is 6.42. The van der Waals surface area contributed by atoms with Gasteiger partial charge in [0.15, 0.2) is 5.03 Å². The molecule has 0 saturated carbocycles. The van der Waals surface area contributed by atoms with E-state index < -0.39 is 18.2 Å². The number of hydrogen-bond acceptors (Lipinski definition) is 5. The average Bonchev–Trinajstić information content (AvgIpc) is 2.86. The van der Waals surface area contributed by atoms with Crippen molar-refractivity contribution in [3.8, 4) is 0 Å². The largest absolute Gasteiger partial charge is 0.415 e. The lowest BCUT2D eigenvalue weighted by Crippen LogP contribution is -2.24. The maximum atomic E-state index is 12.3. The van der Waals surface area contributed by atoms with E-state index in [1.54, 1.807) is 24.3 Å². The number of anilines is 1. The van der Waals surface area contributed by atoms with Crippen molar-refractivity contribution >= 4 is 29.2 Å². The second-order valence-corrected chi connectivity index (χ2v) is 6.56. The van der Waals surface area contributed by atoms with Crippen molar-refractivity contribution in [2.24, 2.45) is 0 Å². The highest BCUT2D eigenvalue weighted by atomic mass is 35.5. The number of aryl methyl sites for hydroxylation is 3. The van der Waals surface area contributed by atoms with Crippen LogP contribution in [0.15, 0.2) is 53.2 Å². The van der Waals surface area contributed by atoms with Gasteiger partial charge in [-0.15, -0.1) is 0 Å². The summed E-state index contributed by atoms with van der Waals surface area (Å²) in [6.07, 6.45) is -1.22. The molecule has 26 heavy (non-hydrogen) atoms. The van der Waals surface area contributed by atoms with Crippen molar-refractivity contribution in [2.75, 3.05) is 5.32 Å². The lowest BCUT2D eigenvalue weighted by molar-refractivity contribution is -0.152. The minimum Gasteiger partial charge on any atom is -0.415 e. The van der Waals surface area contributed by atoms with Gasteiger partial charge in [-0.25, -0.2) is 9.59 Å². The third kappa shape index (κ3) is 3.73. The molecule has 0 bridgehead atoms. The molecule has 0 unspecified atom stereocenters. The summed E-state index contributed by atoms with van der Waals surface area (Å²) in [4.78, 5) is 24.2. The molecule has 0 radical (unpaired) electrons. The second kappa shape index (κ2) is 7.22. The van der Waals surface area contributed by atoms with Crippen LogP contribution >= 0.6 is 11.6 Å². The SMILES string of the molecule is Cc1ccc(C(=O)O[C@H]2OC(=O)C(Cl)=C2Nc2cc(C)ccc2C)cc1. The molecule has 1 aliphatic heterocycles. The van der Waals surface area contributed by atoms with Gasteiger partial charge in [-0.2, -0.15) is 0 Å². The fraction of sp³-hybridized carbons (Fsp3) is 0.200. The minimum absolute atomic E-state index is 0.132. The highest BCUT2D eigenvalue weighted by Gasteiger charge is 2.36. The lowest BCUT2D eigenvalue weighted by Gasteiger charge is -2.17. The van der Waals surface area contributed by atoms with Crippen molar-refractivity contribution in [2.45, 2.75) is 27.1 Å². The number of carbonyl (C=O) groups excluding carboxylic acids is 2. The lowest BCUT2D eigenvalue weighted by atomic mass is 10.1. The van der Waals surface area contributed by atoms with Gasteiger partial charge >= 0.3 is 11.9 Å². The maximum absolute atomic E-state index is 12.3. The fourth-order valence-electron chi connectivity index (χ4n) is 2.49. The highest BCUT2D eigenvalue weighted by Crippen LogP contribution is 2.30. The zero-order valence-electron chi connectivity index (χ0n) is 14.6. The van der Waals surface area contributed by atoms with Crippen molar-refractivity contribution in [1.82, 2.24) is 0 Å². The molecule has 0 aromatic heterocycles. The van der Waals surface area contributed by atoms with Crippen LogP contribution in [0, 0.1) is 20.8 Å². The molecule has 1 aliphatic rings. The van der Waals surface area contributed by atoms with Crippen LogP contribution in [0.1, 0.15) is 27.0 Å². The van der Waals surface area contributed by atoms with Gasteiger partial charge in [-0.05, 0) is 50.1 Å². The van der Waals surface area contributed by atoms with Crippen LogP contribution in [0.5, 0.6) is 0 Å². The zero-order chi connectivity index (χ0) is 18.8. The number of benzene rings is 2. The van der Waals surface area contributed by atoms with E-state index in [9.17, 15) is 9.59 Å². The molecular weight excluding hydrogens is 354 g/mol. The monoisotopic (exact) mass is 371 g/mol. The average molecular weight is 372 g/mol. The molecule has 0 spiro atoms. The molecule has 0 fully saturated rings. The van der Waals surface area contributed by atoms with Gasteiger partial charge in [0, 0.05) is 5.69 Å². The zero-order valence-corrected chi connectivity index (χ0v) is 15.4. The summed E-state index contributed by atoms with van der Waals surface area (Å²) < 4.78 is 10.4. The van der Waals surface area contributed by atoms with Crippen molar-refractivity contribution < 1.29 is 19.1 Å². The topological polar surface area (TPSA) is 64.6 Å². The quantitative estimate of drug-likeness (QED) is 0.815. The van der Waals surface area contributed by atoms with Gasteiger partial charge in [0.25, 0.3) is 6.29 Å². The number of hydrogen-bond donors (Lipinski definition) is 1. The minimum atomic E-state index is -1.22. The molecule has 1 N–H and O–H groups in total. The number of halogens is 1. The number of cyclic esters (lactones) is 1. The Balaban J connectivity index is 1.82. The van der Waals surface area contributed by atoms with Gasteiger partial charge < -0.3 is 14.8 Å². The first-order valence-corrected chi connectivity index (χ1v) is 8.45. The molecule has 2 aromatic carbocycles. The van der Waals surface area contributed by atoms with E-state index in [1.807, 2.05) is 39.0 Å². The second-order valence-electron chi connectivity index (χ2n) is 6.18. The molecule has 6 heteroatoms. The Labute approximate surface area is 156 Å². The van der Waals surface area contributed by atoms with E-state index in [4.69, 9.17) is 21.1 Å². The summed E-state index contributed by atoms with van der Waals surface area (Å²) in [5.74, 6) is -1.34. The number of carbonyl (C=O) groups is 2. The molecule has 1 heterocycles. The van der Waals surface area contributed by atoms with Crippen LogP contribution in [0.25, 0.3) is 0 Å². The number of esters is 2. The Morgan fingerprint density at radius 3 is 2.42 bits per heavy atom. The molecule has 1 atom stereocenters. The third-order valence-corrected chi connectivity index (χ3v) is 4.39. The van der Waals surface area contributed by atoms with Crippen molar-refractivity contribution in [3.05, 3.63) is 75.4 Å². The number of rotatable bonds is 4. The summed E-state index contributed by atoms with van der Waals surface area (Å²) in [6.45, 7) is 5.79. The fourth-order valence-corrected chi connectivity index (χ4v) is 2.67. The van der Waals surface area contributed by atoms with Crippen LogP contribution in [-0.2, 0) is 14.3 Å². The predicted molar refractivity (Wildman–Crippen MR) is 98.9 cm³/mol. The van der Waals surface area contributed by atoms with E-state index in [1.165, 1.54) is 0 Å². The third-order valence-electron chi connectivity index (χ3n) is 4.03. The molecule has 3 rings (SSSR count). The first-order chi connectivity index (χ1) is 12.3. The molecule has 134 valence electrons. The Kier molecular flexibility index (Phi) is 5.00. The summed E-state index contributed by atoms with van der Waals surface area (Å²) in [5.41, 5.74) is 4.34. The van der Waals surface area contributed by atoms with Crippen molar-refractivity contribution in [3.63, 3.8) is 0 Å². The molecule has 2 aromatic rings. The van der Waals surface area contributed by atoms with Crippen LogP contribution < -0.4 is 5.32 Å². The first-order valence-electron chi connectivity index (χ1n) is 8.07. The smallest absolute Gasteiger partial charge is 0.355 e. The maximum Gasteiger partial charge on any atom is 0.355 e. The Hall–Kier alpha value is -2.79. The molecule has 0 aliphatic carbocycles. The summed E-state index contributed by atoms with van der Waals surface area (Å²) in [5, 5.41) is 2.94. The number of nitrogens with one attached hydrogen (secondary N) is 1. The summed E-state index contributed by atoms with van der Waals surface area (Å²) in [6, 6.07) is 12.7. The molecule has 5 nitrogen and oxygen atoms in total. The van der Waals surface area contributed by atoms with E-state index in [-0.39, 0.29) is 10.7 Å². The van der Waals surface area contributed by atoms with Crippen molar-refractivity contribution in [1.29, 1.82) is 0 Å². The van der Waals surface area contributed by atoms with Gasteiger partial charge in [0.2, 0.25) is 0 Å². The molecular formula is C20H18ClNO4. The van der Waals surface area contributed by atoms with Gasteiger partial charge in [-0.1, -0.05) is 41.4 Å². The van der Waals surface area contributed by atoms with E-state index >= 15 is 0 Å². The van der Waals surface area contributed by atoms with Crippen LogP contribution in [-0.4, -0.2) is 18.2 Å². The van der Waals surface area contributed by atoms with Crippen LogP contribution in [0.2, 0.25) is 0 Å². The van der Waals surface area contributed by atoms with Crippen LogP contribution in [0.3, 0.4) is 0 Å². The first kappa shape index (κ1) is 18.0. The van der Waals surface area contributed by atoms with Gasteiger partial charge in [0.05, 0.1) is 5.56 Å². The standard InChI is InChI=1S/C20H18ClNO4/c1-11-5-8-14(9-6-11)18(23)25-20-17(16(21)19(24)26-20)22-15-10-12(2)4-7-13(15)3/h4-10,20,22H,1-3H3/t20-/m0/s1.